The summed E-state index contributed by atoms with van der Waals surface area (Å²) in [6.45, 7) is -0.254. The minimum Gasteiger partial charge on any atom is -0.328 e. The van der Waals surface area contributed by atoms with Gasteiger partial charge >= 0.3 is 0 Å². The summed E-state index contributed by atoms with van der Waals surface area (Å²) in [7, 11) is 0. The van der Waals surface area contributed by atoms with Gasteiger partial charge in [-0.15, -0.1) is 11.8 Å². The quantitative estimate of drug-likeness (QED) is 0.613. The van der Waals surface area contributed by atoms with Crippen molar-refractivity contribution in [2.24, 2.45) is 5.92 Å². The van der Waals surface area contributed by atoms with Gasteiger partial charge in [-0.25, -0.2) is 0 Å². The monoisotopic (exact) mass is 189 g/mol. The van der Waals surface area contributed by atoms with Gasteiger partial charge in [0, 0.05) is 12.1 Å². The van der Waals surface area contributed by atoms with Crippen LogP contribution in [0.25, 0.3) is 0 Å². The largest absolute Gasteiger partial charge is 0.328 e. The first-order chi connectivity index (χ1) is 5.34. The molecular weight excluding hydrogens is 181 g/mol. The van der Waals surface area contributed by atoms with E-state index in [1.165, 1.54) is 0 Å². The zero-order chi connectivity index (χ0) is 7.84. The maximum Gasteiger partial charge on any atom is 0.0931 e. The molecule has 0 aromatic heterocycles. The van der Waals surface area contributed by atoms with Gasteiger partial charge in [-0.3, -0.25) is 4.39 Å². The highest BCUT2D eigenvalue weighted by atomic mass is 32.2. The van der Waals surface area contributed by atoms with Gasteiger partial charge in [-0.2, -0.15) is 0 Å². The highest BCUT2D eigenvalue weighted by Gasteiger charge is 2.44. The Bertz CT molecular complexity index is 216. The van der Waals surface area contributed by atoms with Crippen molar-refractivity contribution in [3.8, 4) is 0 Å². The van der Waals surface area contributed by atoms with Gasteiger partial charge in [-0.05, 0) is 11.8 Å². The molecule has 1 saturated heterocycles. The molecule has 2 rings (SSSR count). The second kappa shape index (κ2) is 2.75. The van der Waals surface area contributed by atoms with Crippen LogP contribution < -0.4 is 0 Å². The van der Waals surface area contributed by atoms with E-state index in [-0.39, 0.29) is 6.67 Å². The molecule has 1 nitrogen and oxygen atoms in total. The summed E-state index contributed by atoms with van der Waals surface area (Å²) in [6, 6.07) is 0. The van der Waals surface area contributed by atoms with E-state index in [4.69, 9.17) is 12.2 Å². The number of halogens is 1. The number of thiocarbonyl (C=S) groups is 1. The standard InChI is InChI=1S/C7H8FNS2/c8-2-1-5-6(10)9-3-4-11-7(5)9/h3-5,7H,1-2H2/t5?,7-/m0/s1. The van der Waals surface area contributed by atoms with Gasteiger partial charge < -0.3 is 4.90 Å². The summed E-state index contributed by atoms with van der Waals surface area (Å²) < 4.78 is 12.0. The molecular formula is C7H8FNS2. The van der Waals surface area contributed by atoms with Crippen molar-refractivity contribution in [2.75, 3.05) is 6.67 Å². The average molecular weight is 189 g/mol. The summed E-state index contributed by atoms with van der Waals surface area (Å²) in [5.41, 5.74) is 0. The lowest BCUT2D eigenvalue weighted by atomic mass is 9.97. The number of alkyl halides is 1. The van der Waals surface area contributed by atoms with Crippen LogP contribution in [0.1, 0.15) is 6.42 Å². The lowest BCUT2D eigenvalue weighted by molar-refractivity contribution is 0.304. The fourth-order valence-corrected chi connectivity index (χ4v) is 3.14. The Kier molecular flexibility index (Phi) is 1.89. The smallest absolute Gasteiger partial charge is 0.0931 e. The van der Waals surface area contributed by atoms with Crippen molar-refractivity contribution in [1.82, 2.24) is 4.90 Å². The minimum atomic E-state index is -0.254. The first-order valence-corrected chi connectivity index (χ1v) is 4.90. The fraction of sp³-hybridized carbons (Fsp3) is 0.571. The van der Waals surface area contributed by atoms with E-state index in [1.807, 2.05) is 16.5 Å². The number of thioether (sulfide) groups is 1. The summed E-state index contributed by atoms with van der Waals surface area (Å²) in [5.74, 6) is 0.301. The summed E-state index contributed by atoms with van der Waals surface area (Å²) >= 11 is 6.84. The molecule has 1 unspecified atom stereocenters. The minimum absolute atomic E-state index is 0.254. The predicted octanol–water partition coefficient (Wildman–Crippen LogP) is 2.15. The molecule has 0 amide bonds. The van der Waals surface area contributed by atoms with E-state index in [1.54, 1.807) is 11.8 Å². The fourth-order valence-electron chi connectivity index (χ4n) is 1.43. The summed E-state index contributed by atoms with van der Waals surface area (Å²) in [4.78, 5) is 2.95. The van der Waals surface area contributed by atoms with Gasteiger partial charge in [0.1, 0.15) is 0 Å². The van der Waals surface area contributed by atoms with Crippen LogP contribution in [0.4, 0.5) is 4.39 Å². The molecule has 0 N–H and O–H groups in total. The molecule has 2 aliphatic rings. The molecule has 60 valence electrons. The van der Waals surface area contributed by atoms with Crippen LogP contribution >= 0.6 is 24.0 Å². The first kappa shape index (κ1) is 7.55. The lowest BCUT2D eigenvalue weighted by Gasteiger charge is -2.43. The zero-order valence-corrected chi connectivity index (χ0v) is 7.50. The van der Waals surface area contributed by atoms with Crippen molar-refractivity contribution >= 4 is 29.0 Å². The Balaban J connectivity index is 2.01. The Morgan fingerprint density at radius 1 is 1.73 bits per heavy atom. The van der Waals surface area contributed by atoms with E-state index < -0.39 is 0 Å². The van der Waals surface area contributed by atoms with E-state index >= 15 is 0 Å². The third-order valence-electron chi connectivity index (χ3n) is 2.05. The molecule has 2 heterocycles. The molecule has 0 spiro atoms. The highest BCUT2D eigenvalue weighted by Crippen LogP contribution is 2.43. The SMILES string of the molecule is FCCC1C(=S)N2C=CS[C@@H]12. The van der Waals surface area contributed by atoms with Crippen LogP contribution in [0.2, 0.25) is 0 Å². The highest BCUT2D eigenvalue weighted by molar-refractivity contribution is 8.03. The average Bonchev–Trinajstić information content (AvgIpc) is 2.44. The molecule has 2 atom stereocenters. The second-order valence-electron chi connectivity index (χ2n) is 2.64. The molecule has 0 radical (unpaired) electrons. The van der Waals surface area contributed by atoms with Crippen molar-refractivity contribution in [2.45, 2.75) is 11.8 Å². The topological polar surface area (TPSA) is 3.24 Å². The molecule has 0 aromatic carbocycles. The third-order valence-corrected chi connectivity index (χ3v) is 3.68. The molecule has 2 aliphatic heterocycles. The Morgan fingerprint density at radius 2 is 2.55 bits per heavy atom. The molecule has 0 aromatic rings. The van der Waals surface area contributed by atoms with Gasteiger partial charge in [0.15, 0.2) is 0 Å². The van der Waals surface area contributed by atoms with E-state index in [9.17, 15) is 4.39 Å². The van der Waals surface area contributed by atoms with Crippen LogP contribution in [0.5, 0.6) is 0 Å². The van der Waals surface area contributed by atoms with Crippen LogP contribution in [-0.2, 0) is 0 Å². The number of fused-ring (bicyclic) bond motifs is 1. The van der Waals surface area contributed by atoms with Gasteiger partial charge in [-0.1, -0.05) is 12.2 Å². The van der Waals surface area contributed by atoms with Gasteiger partial charge in [0.05, 0.1) is 17.0 Å². The van der Waals surface area contributed by atoms with Crippen molar-refractivity contribution in [3.05, 3.63) is 11.6 Å². The summed E-state index contributed by atoms with van der Waals surface area (Å²) in [6.07, 6.45) is 2.57. The molecule has 0 saturated carbocycles. The maximum absolute atomic E-state index is 12.0. The molecule has 11 heavy (non-hydrogen) atoms. The number of hydrogen-bond donors (Lipinski definition) is 0. The van der Waals surface area contributed by atoms with Gasteiger partial charge in [0.2, 0.25) is 0 Å². The van der Waals surface area contributed by atoms with Crippen molar-refractivity contribution in [1.29, 1.82) is 0 Å². The van der Waals surface area contributed by atoms with E-state index in [0.717, 1.165) is 4.99 Å². The second-order valence-corrected chi connectivity index (χ2v) is 4.09. The van der Waals surface area contributed by atoms with Gasteiger partial charge in [0.25, 0.3) is 0 Å². The van der Waals surface area contributed by atoms with Crippen LogP contribution in [0.15, 0.2) is 11.6 Å². The van der Waals surface area contributed by atoms with E-state index in [0.29, 0.717) is 17.7 Å². The Morgan fingerprint density at radius 3 is 3.27 bits per heavy atom. The van der Waals surface area contributed by atoms with Crippen LogP contribution in [-0.4, -0.2) is 21.9 Å². The molecule has 4 heteroatoms. The van der Waals surface area contributed by atoms with E-state index in [2.05, 4.69) is 0 Å². The first-order valence-electron chi connectivity index (χ1n) is 3.55. The Labute approximate surface area is 74.6 Å². The normalized spacial score (nSPS) is 33.9. The molecule has 0 bridgehead atoms. The van der Waals surface area contributed by atoms with Crippen LogP contribution in [0.3, 0.4) is 0 Å². The summed E-state index contributed by atoms with van der Waals surface area (Å²) in [5, 5.41) is 2.44. The molecule has 0 aliphatic carbocycles. The lowest BCUT2D eigenvalue weighted by Crippen LogP contribution is -2.53. The molecule has 1 fully saturated rings. The van der Waals surface area contributed by atoms with Crippen molar-refractivity contribution < 1.29 is 4.39 Å². The van der Waals surface area contributed by atoms with Crippen LogP contribution in [0, 0.1) is 5.92 Å². The predicted molar refractivity (Wildman–Crippen MR) is 49.0 cm³/mol. The number of nitrogens with zero attached hydrogens (tertiary/aromatic N) is 1. The number of rotatable bonds is 2. The Hall–Kier alpha value is -0.0900. The third kappa shape index (κ3) is 0.999. The zero-order valence-electron chi connectivity index (χ0n) is 5.87. The number of hydrogen-bond acceptors (Lipinski definition) is 2. The maximum atomic E-state index is 12.0. The van der Waals surface area contributed by atoms with Crippen molar-refractivity contribution in [3.63, 3.8) is 0 Å².